The number of rotatable bonds is 7. The minimum absolute atomic E-state index is 0.0674. The van der Waals surface area contributed by atoms with Crippen molar-refractivity contribution < 1.29 is 24.2 Å². The highest BCUT2D eigenvalue weighted by Crippen LogP contribution is 1.92. The Kier molecular flexibility index (Phi) is 7.49. The van der Waals surface area contributed by atoms with Crippen LogP contribution in [0.4, 0.5) is 4.79 Å². The summed E-state index contributed by atoms with van der Waals surface area (Å²) in [5.41, 5.74) is 0. The summed E-state index contributed by atoms with van der Waals surface area (Å²) in [5, 5.41) is 10.8. The quantitative estimate of drug-likeness (QED) is 0.619. The van der Waals surface area contributed by atoms with E-state index in [2.05, 4.69) is 5.32 Å². The van der Waals surface area contributed by atoms with Gasteiger partial charge in [-0.3, -0.25) is 9.59 Å². The van der Waals surface area contributed by atoms with Crippen LogP contribution in [0.5, 0.6) is 0 Å². The highest BCUT2D eigenvalue weighted by atomic mass is 16.5. The minimum Gasteiger partial charge on any atom is -0.481 e. The molecular formula is C10H18N2O5. The summed E-state index contributed by atoms with van der Waals surface area (Å²) in [6.07, 6.45) is -0.00581. The van der Waals surface area contributed by atoms with Gasteiger partial charge in [0.1, 0.15) is 0 Å². The van der Waals surface area contributed by atoms with Crippen LogP contribution in [-0.4, -0.2) is 54.7 Å². The van der Waals surface area contributed by atoms with Gasteiger partial charge in [-0.05, 0) is 6.92 Å². The SMILES string of the molecule is CCOC(=O)CCN(C)C(=O)NCCC(=O)O. The third kappa shape index (κ3) is 8.06. The summed E-state index contributed by atoms with van der Waals surface area (Å²) in [5.74, 6) is -1.34. The van der Waals surface area contributed by atoms with Gasteiger partial charge in [-0.1, -0.05) is 0 Å². The molecule has 98 valence electrons. The van der Waals surface area contributed by atoms with Crippen LogP contribution < -0.4 is 5.32 Å². The number of nitrogens with zero attached hydrogens (tertiary/aromatic N) is 1. The Balaban J connectivity index is 3.74. The van der Waals surface area contributed by atoms with Crippen molar-refractivity contribution in [3.8, 4) is 0 Å². The molecule has 0 fully saturated rings. The Hall–Kier alpha value is -1.79. The van der Waals surface area contributed by atoms with Crippen molar-refractivity contribution in [2.75, 3.05) is 26.7 Å². The summed E-state index contributed by atoms with van der Waals surface area (Å²) < 4.78 is 4.71. The van der Waals surface area contributed by atoms with Crippen LogP contribution in [0.1, 0.15) is 19.8 Å². The molecule has 2 N–H and O–H groups in total. The molecule has 0 saturated carbocycles. The smallest absolute Gasteiger partial charge is 0.317 e. The molecule has 0 spiro atoms. The number of carbonyl (C=O) groups excluding carboxylic acids is 2. The van der Waals surface area contributed by atoms with Crippen molar-refractivity contribution in [1.29, 1.82) is 0 Å². The number of hydrogen-bond donors (Lipinski definition) is 2. The average Bonchev–Trinajstić information content (AvgIpc) is 2.25. The van der Waals surface area contributed by atoms with Crippen molar-refractivity contribution in [1.82, 2.24) is 10.2 Å². The highest BCUT2D eigenvalue weighted by molar-refractivity contribution is 5.76. The molecule has 0 aromatic heterocycles. The molecule has 7 nitrogen and oxygen atoms in total. The number of nitrogens with one attached hydrogen (secondary N) is 1. The average molecular weight is 246 g/mol. The maximum absolute atomic E-state index is 11.4. The molecule has 0 heterocycles. The molecule has 0 rings (SSSR count). The monoisotopic (exact) mass is 246 g/mol. The molecule has 0 unspecified atom stereocenters. The van der Waals surface area contributed by atoms with Crippen molar-refractivity contribution in [2.45, 2.75) is 19.8 Å². The molecule has 2 amide bonds. The summed E-state index contributed by atoms with van der Waals surface area (Å²) in [4.78, 5) is 33.9. The van der Waals surface area contributed by atoms with E-state index < -0.39 is 12.0 Å². The zero-order chi connectivity index (χ0) is 13.3. The van der Waals surface area contributed by atoms with Gasteiger partial charge in [0.15, 0.2) is 0 Å². The number of hydrogen-bond acceptors (Lipinski definition) is 4. The van der Waals surface area contributed by atoms with Gasteiger partial charge in [0.05, 0.1) is 19.4 Å². The van der Waals surface area contributed by atoms with Gasteiger partial charge < -0.3 is 20.1 Å². The van der Waals surface area contributed by atoms with Crippen LogP contribution in [0.15, 0.2) is 0 Å². The predicted octanol–water partition coefficient (Wildman–Crippen LogP) is 0.0557. The normalized spacial score (nSPS) is 9.53. The van der Waals surface area contributed by atoms with Gasteiger partial charge in [-0.2, -0.15) is 0 Å². The largest absolute Gasteiger partial charge is 0.481 e. The Morgan fingerprint density at radius 1 is 1.29 bits per heavy atom. The van der Waals surface area contributed by atoms with E-state index in [-0.39, 0.29) is 31.9 Å². The van der Waals surface area contributed by atoms with Gasteiger partial charge in [0, 0.05) is 20.1 Å². The molecule has 0 radical (unpaired) electrons. The third-order valence-corrected chi connectivity index (χ3v) is 1.92. The highest BCUT2D eigenvalue weighted by Gasteiger charge is 2.10. The molecule has 0 saturated heterocycles. The Morgan fingerprint density at radius 2 is 1.94 bits per heavy atom. The van der Waals surface area contributed by atoms with Crippen molar-refractivity contribution >= 4 is 18.0 Å². The van der Waals surface area contributed by atoms with Gasteiger partial charge in [0.2, 0.25) is 0 Å². The van der Waals surface area contributed by atoms with Gasteiger partial charge in [-0.15, -0.1) is 0 Å². The van der Waals surface area contributed by atoms with Crippen LogP contribution >= 0.6 is 0 Å². The second-order valence-corrected chi connectivity index (χ2v) is 3.35. The summed E-state index contributed by atoms with van der Waals surface area (Å²) >= 11 is 0. The first-order valence-electron chi connectivity index (χ1n) is 5.33. The first-order valence-corrected chi connectivity index (χ1v) is 5.33. The van der Waals surface area contributed by atoms with Gasteiger partial charge in [-0.25, -0.2) is 4.79 Å². The van der Waals surface area contributed by atoms with Crippen LogP contribution in [0.3, 0.4) is 0 Å². The van der Waals surface area contributed by atoms with Crippen molar-refractivity contribution in [3.05, 3.63) is 0 Å². The molecule has 17 heavy (non-hydrogen) atoms. The topological polar surface area (TPSA) is 95.9 Å². The number of carboxylic acids is 1. The zero-order valence-electron chi connectivity index (χ0n) is 10.1. The van der Waals surface area contributed by atoms with Crippen molar-refractivity contribution in [3.63, 3.8) is 0 Å². The van der Waals surface area contributed by atoms with Crippen LogP contribution in [-0.2, 0) is 14.3 Å². The Morgan fingerprint density at radius 3 is 2.47 bits per heavy atom. The summed E-state index contributed by atoms with van der Waals surface area (Å²) in [6.45, 7) is 2.32. The maximum atomic E-state index is 11.4. The van der Waals surface area contributed by atoms with E-state index in [4.69, 9.17) is 9.84 Å². The Bertz CT molecular complexity index is 280. The molecule has 0 aliphatic heterocycles. The van der Waals surface area contributed by atoms with Gasteiger partial charge in [0.25, 0.3) is 0 Å². The van der Waals surface area contributed by atoms with E-state index in [1.54, 1.807) is 6.92 Å². The van der Waals surface area contributed by atoms with E-state index in [0.717, 1.165) is 0 Å². The maximum Gasteiger partial charge on any atom is 0.317 e. The van der Waals surface area contributed by atoms with E-state index in [9.17, 15) is 14.4 Å². The van der Waals surface area contributed by atoms with Gasteiger partial charge >= 0.3 is 18.0 Å². The van der Waals surface area contributed by atoms with E-state index in [0.29, 0.717) is 6.61 Å². The zero-order valence-corrected chi connectivity index (χ0v) is 10.1. The molecular weight excluding hydrogens is 228 g/mol. The third-order valence-electron chi connectivity index (χ3n) is 1.92. The lowest BCUT2D eigenvalue weighted by Crippen LogP contribution is -2.39. The number of carbonyl (C=O) groups is 3. The molecule has 0 aliphatic rings. The number of ether oxygens (including phenoxy) is 1. The molecule has 7 heteroatoms. The first-order chi connectivity index (χ1) is 7.97. The number of esters is 1. The molecule has 0 aliphatic carbocycles. The van der Waals surface area contributed by atoms with Crippen LogP contribution in [0, 0.1) is 0 Å². The second-order valence-electron chi connectivity index (χ2n) is 3.35. The fourth-order valence-electron chi connectivity index (χ4n) is 1.01. The number of carboxylic acid groups (broad SMARTS) is 1. The molecule has 0 bridgehead atoms. The minimum atomic E-state index is -0.973. The van der Waals surface area contributed by atoms with Crippen LogP contribution in [0.2, 0.25) is 0 Å². The first kappa shape index (κ1) is 15.2. The lowest BCUT2D eigenvalue weighted by atomic mass is 10.4. The molecule has 0 aromatic rings. The molecule has 0 atom stereocenters. The lowest BCUT2D eigenvalue weighted by molar-refractivity contribution is -0.143. The van der Waals surface area contributed by atoms with E-state index in [1.165, 1.54) is 11.9 Å². The summed E-state index contributed by atoms with van der Waals surface area (Å²) in [6, 6.07) is -0.407. The Labute approximate surface area is 99.7 Å². The number of amides is 2. The summed E-state index contributed by atoms with van der Waals surface area (Å²) in [7, 11) is 1.52. The van der Waals surface area contributed by atoms with Crippen molar-refractivity contribution in [2.24, 2.45) is 0 Å². The van der Waals surface area contributed by atoms with E-state index in [1.807, 2.05) is 0 Å². The number of aliphatic carboxylic acids is 1. The predicted molar refractivity (Wildman–Crippen MR) is 59.5 cm³/mol. The number of urea groups is 1. The molecule has 0 aromatic carbocycles. The lowest BCUT2D eigenvalue weighted by Gasteiger charge is -2.16. The fourth-order valence-corrected chi connectivity index (χ4v) is 1.01. The van der Waals surface area contributed by atoms with E-state index >= 15 is 0 Å². The second kappa shape index (κ2) is 8.37. The van der Waals surface area contributed by atoms with Crippen LogP contribution in [0.25, 0.3) is 0 Å². The standard InChI is InChI=1S/C10H18N2O5/c1-3-17-9(15)5-7-12(2)10(16)11-6-4-8(13)14/h3-7H2,1-2H3,(H,11,16)(H,13,14). The fraction of sp³-hybridized carbons (Fsp3) is 0.700.